The number of esters is 1. The van der Waals surface area contributed by atoms with Crippen LogP contribution in [0, 0.1) is 11.3 Å². The van der Waals surface area contributed by atoms with Gasteiger partial charge in [-0.2, -0.15) is 0 Å². The fourth-order valence-corrected chi connectivity index (χ4v) is 5.21. The van der Waals surface area contributed by atoms with Crippen molar-refractivity contribution in [3.8, 4) is 11.5 Å². The fourth-order valence-electron chi connectivity index (χ4n) is 5.21. The third-order valence-corrected chi connectivity index (χ3v) is 7.57. The topological polar surface area (TPSA) is 46.5 Å². The highest BCUT2D eigenvalue weighted by Gasteiger charge is 2.24. The second-order valence-corrected chi connectivity index (χ2v) is 12.0. The van der Waals surface area contributed by atoms with E-state index in [2.05, 4.69) is 50.2 Å². The van der Waals surface area contributed by atoms with Crippen LogP contribution in [0.3, 0.4) is 0 Å². The summed E-state index contributed by atoms with van der Waals surface area (Å²) in [5, 5.41) is 10.0. The predicted octanol–water partition coefficient (Wildman–Crippen LogP) is 9.40. The molecule has 1 N–H and O–H groups in total. The number of phenolic OH excluding ortho intramolecular Hbond substituents is 1. The van der Waals surface area contributed by atoms with Gasteiger partial charge in [0.15, 0.2) is 0 Å². The third-order valence-electron chi connectivity index (χ3n) is 7.57. The van der Waals surface area contributed by atoms with E-state index in [1.54, 1.807) is 12.1 Å². The average Bonchev–Trinajstić information content (AvgIpc) is 2.90. The van der Waals surface area contributed by atoms with E-state index >= 15 is 0 Å². The summed E-state index contributed by atoms with van der Waals surface area (Å²) < 4.78 is 5.65. The molecule has 0 saturated heterocycles. The summed E-state index contributed by atoms with van der Waals surface area (Å²) in [5.41, 5.74) is 6.66. The van der Waals surface area contributed by atoms with Crippen LogP contribution in [0.25, 0.3) is 11.1 Å². The molecule has 0 unspecified atom stereocenters. The van der Waals surface area contributed by atoms with Gasteiger partial charge in [0, 0.05) is 0 Å². The van der Waals surface area contributed by atoms with Gasteiger partial charge in [0.25, 0.3) is 0 Å². The van der Waals surface area contributed by atoms with Gasteiger partial charge in [0.2, 0.25) is 0 Å². The molecule has 1 aliphatic carbocycles. The van der Waals surface area contributed by atoms with Crippen molar-refractivity contribution in [2.24, 2.45) is 11.3 Å². The number of phenols is 1. The van der Waals surface area contributed by atoms with E-state index in [0.29, 0.717) is 17.6 Å². The second kappa shape index (κ2) is 12.0. The van der Waals surface area contributed by atoms with Crippen molar-refractivity contribution in [3.63, 3.8) is 0 Å². The molecule has 0 radical (unpaired) electrons. The number of hydrogen-bond donors (Lipinski definition) is 1. The molecule has 0 bridgehead atoms. The quantitative estimate of drug-likeness (QED) is 0.196. The van der Waals surface area contributed by atoms with Crippen LogP contribution in [0.15, 0.2) is 72.8 Å². The van der Waals surface area contributed by atoms with Gasteiger partial charge in [-0.1, -0.05) is 94.5 Å². The first-order chi connectivity index (χ1) is 18.1. The summed E-state index contributed by atoms with van der Waals surface area (Å²) in [6.45, 7) is 10.0. The molecule has 3 aromatic carbocycles. The number of hydrogen-bond acceptors (Lipinski definition) is 3. The summed E-state index contributed by atoms with van der Waals surface area (Å²) in [6, 6.07) is 24.5. The van der Waals surface area contributed by atoms with Gasteiger partial charge >= 0.3 is 5.97 Å². The second-order valence-electron chi connectivity index (χ2n) is 12.0. The van der Waals surface area contributed by atoms with Crippen LogP contribution in [-0.4, -0.2) is 11.1 Å². The first-order valence-corrected chi connectivity index (χ1v) is 14.1. The fraction of sp³-hybridized carbons (Fsp3) is 0.400. The Morgan fingerprint density at radius 1 is 0.816 bits per heavy atom. The van der Waals surface area contributed by atoms with Crippen LogP contribution in [0.2, 0.25) is 0 Å². The molecular formula is C35H42O3. The SMILES string of the molecule is CC(C)c1ccc(/C(CC2CCCCC2)=C(\c2ccc(O)cc2)c2ccc(OC(=O)C(C)(C)C)cc2)cc1. The lowest BCUT2D eigenvalue weighted by Gasteiger charge is -2.26. The van der Waals surface area contributed by atoms with Gasteiger partial charge < -0.3 is 9.84 Å². The maximum absolute atomic E-state index is 12.4. The summed E-state index contributed by atoms with van der Waals surface area (Å²) in [7, 11) is 0. The number of benzene rings is 3. The maximum Gasteiger partial charge on any atom is 0.316 e. The Labute approximate surface area is 228 Å². The first kappa shape index (κ1) is 27.7. The van der Waals surface area contributed by atoms with Gasteiger partial charge in [0.1, 0.15) is 11.5 Å². The smallest absolute Gasteiger partial charge is 0.316 e. The van der Waals surface area contributed by atoms with E-state index in [9.17, 15) is 9.90 Å². The molecule has 0 atom stereocenters. The molecule has 1 aliphatic rings. The van der Waals surface area contributed by atoms with Crippen LogP contribution in [-0.2, 0) is 4.79 Å². The van der Waals surface area contributed by atoms with Crippen LogP contribution in [0.4, 0.5) is 0 Å². The summed E-state index contributed by atoms with van der Waals surface area (Å²) in [6.07, 6.45) is 7.46. The number of aromatic hydroxyl groups is 1. The molecule has 4 rings (SSSR count). The minimum Gasteiger partial charge on any atom is -0.508 e. The Balaban J connectivity index is 1.84. The van der Waals surface area contributed by atoms with E-state index in [0.717, 1.165) is 17.5 Å². The molecule has 0 aliphatic heterocycles. The standard InChI is InChI=1S/C35H42O3/c1-24(2)26-11-13-27(14-12-26)32(23-25-9-7-6-8-10-25)33(28-15-19-30(36)20-16-28)29-17-21-31(22-18-29)38-34(37)35(3,4)5/h11-22,24-25,36H,6-10,23H2,1-5H3/b33-32+. The van der Waals surface area contributed by atoms with Crippen LogP contribution >= 0.6 is 0 Å². The van der Waals surface area contributed by atoms with Gasteiger partial charge in [-0.3, -0.25) is 4.79 Å². The molecule has 38 heavy (non-hydrogen) atoms. The number of carbonyl (C=O) groups excluding carboxylic acids is 1. The molecule has 0 aromatic heterocycles. The zero-order valence-corrected chi connectivity index (χ0v) is 23.6. The molecular weight excluding hydrogens is 468 g/mol. The normalized spacial score (nSPS) is 15.3. The van der Waals surface area contributed by atoms with Crippen LogP contribution in [0.1, 0.15) is 101 Å². The molecule has 0 spiro atoms. The largest absolute Gasteiger partial charge is 0.508 e. The number of ether oxygens (including phenoxy) is 1. The number of carbonyl (C=O) groups is 1. The lowest BCUT2D eigenvalue weighted by atomic mass is 9.79. The van der Waals surface area contributed by atoms with Gasteiger partial charge in [-0.05, 0) is 96.7 Å². The van der Waals surface area contributed by atoms with Gasteiger partial charge in [0.05, 0.1) is 5.41 Å². The van der Waals surface area contributed by atoms with Crippen molar-refractivity contribution in [1.29, 1.82) is 0 Å². The van der Waals surface area contributed by atoms with Crippen molar-refractivity contribution in [2.75, 3.05) is 0 Å². The summed E-state index contributed by atoms with van der Waals surface area (Å²) in [5.74, 6) is 1.70. The molecule has 0 heterocycles. The van der Waals surface area contributed by atoms with E-state index in [1.807, 2.05) is 45.0 Å². The highest BCUT2D eigenvalue weighted by atomic mass is 16.5. The van der Waals surface area contributed by atoms with E-state index in [4.69, 9.17) is 4.74 Å². The Morgan fingerprint density at radius 3 is 1.87 bits per heavy atom. The average molecular weight is 511 g/mol. The lowest BCUT2D eigenvalue weighted by molar-refractivity contribution is -0.143. The molecule has 3 nitrogen and oxygen atoms in total. The Hall–Kier alpha value is -3.33. The van der Waals surface area contributed by atoms with Crippen LogP contribution < -0.4 is 4.74 Å². The van der Waals surface area contributed by atoms with E-state index in [-0.39, 0.29) is 11.7 Å². The molecule has 1 fully saturated rings. The zero-order valence-electron chi connectivity index (χ0n) is 23.6. The predicted molar refractivity (Wildman–Crippen MR) is 157 cm³/mol. The summed E-state index contributed by atoms with van der Waals surface area (Å²) >= 11 is 0. The van der Waals surface area contributed by atoms with Crippen molar-refractivity contribution in [2.45, 2.75) is 79.1 Å². The van der Waals surface area contributed by atoms with Crippen molar-refractivity contribution >= 4 is 17.1 Å². The minimum absolute atomic E-state index is 0.247. The molecule has 3 aromatic rings. The molecule has 3 heteroatoms. The number of rotatable bonds is 7. The van der Waals surface area contributed by atoms with Gasteiger partial charge in [-0.25, -0.2) is 0 Å². The maximum atomic E-state index is 12.4. The lowest BCUT2D eigenvalue weighted by Crippen LogP contribution is -2.25. The molecule has 0 amide bonds. The highest BCUT2D eigenvalue weighted by molar-refractivity contribution is 5.99. The van der Waals surface area contributed by atoms with Gasteiger partial charge in [-0.15, -0.1) is 0 Å². The minimum atomic E-state index is -0.564. The molecule has 200 valence electrons. The Morgan fingerprint density at radius 2 is 1.34 bits per heavy atom. The Kier molecular flexibility index (Phi) is 8.76. The van der Waals surface area contributed by atoms with Crippen LogP contribution in [0.5, 0.6) is 11.5 Å². The highest BCUT2D eigenvalue weighted by Crippen LogP contribution is 2.40. The Bertz CT molecular complexity index is 1230. The monoisotopic (exact) mass is 510 g/mol. The van der Waals surface area contributed by atoms with Crippen molar-refractivity contribution in [3.05, 3.63) is 95.1 Å². The third kappa shape index (κ3) is 6.95. The van der Waals surface area contributed by atoms with Crippen molar-refractivity contribution < 1.29 is 14.6 Å². The van der Waals surface area contributed by atoms with E-state index < -0.39 is 5.41 Å². The first-order valence-electron chi connectivity index (χ1n) is 14.1. The van der Waals surface area contributed by atoms with Crippen molar-refractivity contribution in [1.82, 2.24) is 0 Å². The zero-order chi connectivity index (χ0) is 27.3. The van der Waals surface area contributed by atoms with E-state index in [1.165, 1.54) is 54.4 Å². The summed E-state index contributed by atoms with van der Waals surface area (Å²) in [4.78, 5) is 12.4. The number of allylic oxidation sites excluding steroid dienone is 1. The molecule has 1 saturated carbocycles.